The number of nitrogens with zero attached hydrogens (tertiary/aromatic N) is 1. The quantitative estimate of drug-likeness (QED) is 0.669. The summed E-state index contributed by atoms with van der Waals surface area (Å²) >= 11 is 6.02. The Kier molecular flexibility index (Phi) is 2.41. The fraction of sp³-hybridized carbons (Fsp3) is 0.231. The van der Waals surface area contributed by atoms with E-state index in [9.17, 15) is 9.59 Å². The van der Waals surface area contributed by atoms with Crippen molar-refractivity contribution in [1.29, 1.82) is 0 Å². The average Bonchev–Trinajstić information content (AvgIpc) is 2.68. The number of Topliss-reactive ketones (excluding diaryl/α,β-unsaturated/α-hetero) is 1. The summed E-state index contributed by atoms with van der Waals surface area (Å²) in [6.45, 7) is 0.804. The molecule has 0 bridgehead atoms. The van der Waals surface area contributed by atoms with E-state index in [-0.39, 0.29) is 5.56 Å². The minimum Gasteiger partial charge on any atom is -0.475 e. The van der Waals surface area contributed by atoms with Gasteiger partial charge in [0.25, 0.3) is 5.78 Å². The first-order chi connectivity index (χ1) is 8.58. The van der Waals surface area contributed by atoms with Gasteiger partial charge in [0.05, 0.1) is 11.1 Å². The molecule has 1 aliphatic rings. The van der Waals surface area contributed by atoms with Crippen molar-refractivity contribution in [2.75, 3.05) is 0 Å². The van der Waals surface area contributed by atoms with E-state index in [0.29, 0.717) is 10.4 Å². The molecule has 0 radical (unpaired) electrons. The van der Waals surface area contributed by atoms with E-state index in [4.69, 9.17) is 16.7 Å². The maximum absolute atomic E-state index is 11.7. The number of aliphatic carboxylic acids is 1. The van der Waals surface area contributed by atoms with Gasteiger partial charge in [0, 0.05) is 23.2 Å². The lowest BCUT2D eigenvalue weighted by Gasteiger charge is -2.15. The highest BCUT2D eigenvalue weighted by atomic mass is 35.5. The van der Waals surface area contributed by atoms with Crippen LogP contribution in [0.15, 0.2) is 18.3 Å². The summed E-state index contributed by atoms with van der Waals surface area (Å²) < 4.78 is 1.95. The summed E-state index contributed by atoms with van der Waals surface area (Å²) in [7, 11) is 0. The highest BCUT2D eigenvalue weighted by Gasteiger charge is 2.24. The molecule has 2 heterocycles. The molecule has 1 aromatic carbocycles. The molecule has 0 spiro atoms. The fourth-order valence-corrected chi connectivity index (χ4v) is 2.83. The van der Waals surface area contributed by atoms with Crippen LogP contribution < -0.4 is 0 Å². The lowest BCUT2D eigenvalue weighted by molar-refractivity contribution is -0.131. The summed E-state index contributed by atoms with van der Waals surface area (Å²) in [5, 5.41) is 10.0. The molecule has 4 nitrogen and oxygen atoms in total. The summed E-state index contributed by atoms with van der Waals surface area (Å²) in [5.41, 5.74) is 2.24. The number of carbonyl (C=O) groups excluding carboxylic acids is 1. The van der Waals surface area contributed by atoms with E-state index in [1.54, 1.807) is 12.3 Å². The van der Waals surface area contributed by atoms with Gasteiger partial charge in [0.15, 0.2) is 0 Å². The molecular weight excluding hydrogens is 254 g/mol. The molecule has 0 atom stereocenters. The third-order valence-electron chi connectivity index (χ3n) is 3.30. The predicted octanol–water partition coefficient (Wildman–Crippen LogP) is 2.51. The van der Waals surface area contributed by atoms with Gasteiger partial charge in [0.1, 0.15) is 0 Å². The molecular formula is C13H10ClNO3. The zero-order valence-electron chi connectivity index (χ0n) is 9.44. The topological polar surface area (TPSA) is 59.3 Å². The van der Waals surface area contributed by atoms with Crippen molar-refractivity contribution < 1.29 is 14.7 Å². The molecule has 92 valence electrons. The molecule has 0 aliphatic carbocycles. The molecule has 1 N–H and O–H groups in total. The van der Waals surface area contributed by atoms with Crippen LogP contribution in [-0.4, -0.2) is 21.4 Å². The van der Waals surface area contributed by atoms with E-state index >= 15 is 0 Å². The van der Waals surface area contributed by atoms with Crippen molar-refractivity contribution in [2.45, 2.75) is 19.4 Å². The van der Waals surface area contributed by atoms with Crippen molar-refractivity contribution in [2.24, 2.45) is 0 Å². The fourth-order valence-electron chi connectivity index (χ4n) is 2.59. The van der Waals surface area contributed by atoms with E-state index < -0.39 is 11.8 Å². The van der Waals surface area contributed by atoms with E-state index in [2.05, 4.69) is 0 Å². The molecule has 0 amide bonds. The van der Waals surface area contributed by atoms with Gasteiger partial charge >= 0.3 is 5.97 Å². The molecule has 3 rings (SSSR count). The second kappa shape index (κ2) is 3.85. The molecule has 0 saturated carbocycles. The Bertz CT molecular complexity index is 687. The van der Waals surface area contributed by atoms with Gasteiger partial charge in [-0.25, -0.2) is 4.79 Å². The number of hydrogen-bond acceptors (Lipinski definition) is 2. The summed E-state index contributed by atoms with van der Waals surface area (Å²) in [6, 6.07) is 3.55. The zero-order chi connectivity index (χ0) is 12.9. The number of carbonyl (C=O) groups is 2. The lowest BCUT2D eigenvalue weighted by atomic mass is 10.0. The number of benzene rings is 1. The maximum atomic E-state index is 11.7. The smallest absolute Gasteiger partial charge is 0.377 e. The summed E-state index contributed by atoms with van der Waals surface area (Å²) in [5.74, 6) is -2.32. The SMILES string of the molecule is O=C(O)C(=O)c1cn2c3c(cc(Cl)cc13)CCC2. The second-order valence-corrected chi connectivity index (χ2v) is 4.87. The molecule has 18 heavy (non-hydrogen) atoms. The largest absolute Gasteiger partial charge is 0.475 e. The number of aryl methyl sites for hydroxylation is 2. The van der Waals surface area contributed by atoms with Crippen LogP contribution in [0, 0.1) is 0 Å². The average molecular weight is 264 g/mol. The first-order valence-electron chi connectivity index (χ1n) is 5.67. The minimum absolute atomic E-state index is 0.225. The zero-order valence-corrected chi connectivity index (χ0v) is 10.2. The van der Waals surface area contributed by atoms with Crippen LogP contribution in [0.2, 0.25) is 5.02 Å². The number of halogens is 1. The van der Waals surface area contributed by atoms with E-state index in [1.165, 1.54) is 0 Å². The Balaban J connectivity index is 2.36. The van der Waals surface area contributed by atoms with Crippen molar-refractivity contribution in [3.8, 4) is 0 Å². The Morgan fingerprint density at radius 3 is 2.83 bits per heavy atom. The summed E-state index contributed by atoms with van der Waals surface area (Å²) in [6.07, 6.45) is 3.50. The standard InChI is InChI=1S/C13H10ClNO3/c14-8-4-7-2-1-3-15-6-10(12(16)13(17)18)9(5-8)11(7)15/h4-6H,1-3H2,(H,17,18). The van der Waals surface area contributed by atoms with Crippen LogP contribution in [0.3, 0.4) is 0 Å². The number of carboxylic acid groups (broad SMARTS) is 1. The Morgan fingerprint density at radius 1 is 1.33 bits per heavy atom. The molecule has 1 aromatic heterocycles. The monoisotopic (exact) mass is 263 g/mol. The summed E-state index contributed by atoms with van der Waals surface area (Å²) in [4.78, 5) is 22.5. The van der Waals surface area contributed by atoms with Crippen molar-refractivity contribution in [3.63, 3.8) is 0 Å². The van der Waals surface area contributed by atoms with Crippen molar-refractivity contribution in [1.82, 2.24) is 4.57 Å². The van der Waals surface area contributed by atoms with Crippen LogP contribution in [0.4, 0.5) is 0 Å². The van der Waals surface area contributed by atoms with Gasteiger partial charge in [-0.05, 0) is 30.5 Å². The highest BCUT2D eigenvalue weighted by molar-refractivity contribution is 6.42. The van der Waals surface area contributed by atoms with Crippen LogP contribution in [0.5, 0.6) is 0 Å². The van der Waals surface area contributed by atoms with Crippen molar-refractivity contribution in [3.05, 3.63) is 34.5 Å². The van der Waals surface area contributed by atoms with Crippen LogP contribution in [0.25, 0.3) is 10.9 Å². The van der Waals surface area contributed by atoms with Crippen LogP contribution >= 0.6 is 11.6 Å². The maximum Gasteiger partial charge on any atom is 0.377 e. The van der Waals surface area contributed by atoms with Gasteiger partial charge in [-0.15, -0.1) is 0 Å². The molecule has 0 fully saturated rings. The third-order valence-corrected chi connectivity index (χ3v) is 3.52. The Labute approximate surface area is 108 Å². The number of hydrogen-bond donors (Lipinski definition) is 1. The van der Waals surface area contributed by atoms with Gasteiger partial charge in [-0.3, -0.25) is 4.79 Å². The normalized spacial score (nSPS) is 13.8. The molecule has 5 heteroatoms. The van der Waals surface area contributed by atoms with Gasteiger partial charge in [-0.2, -0.15) is 0 Å². The van der Waals surface area contributed by atoms with Crippen molar-refractivity contribution >= 4 is 34.3 Å². The molecule has 1 aliphatic heterocycles. The van der Waals surface area contributed by atoms with Crippen LogP contribution in [-0.2, 0) is 17.8 Å². The number of rotatable bonds is 2. The van der Waals surface area contributed by atoms with E-state index in [1.807, 2.05) is 10.6 Å². The minimum atomic E-state index is -1.44. The molecule has 2 aromatic rings. The van der Waals surface area contributed by atoms with Gasteiger partial charge in [-0.1, -0.05) is 11.6 Å². The highest BCUT2D eigenvalue weighted by Crippen LogP contribution is 2.32. The van der Waals surface area contributed by atoms with Gasteiger partial charge in [0.2, 0.25) is 0 Å². The Morgan fingerprint density at radius 2 is 2.11 bits per heavy atom. The second-order valence-electron chi connectivity index (χ2n) is 4.44. The first-order valence-corrected chi connectivity index (χ1v) is 6.04. The number of carboxylic acids is 1. The molecule has 0 saturated heterocycles. The molecule has 0 unspecified atom stereocenters. The van der Waals surface area contributed by atoms with E-state index in [0.717, 1.165) is 30.5 Å². The number of ketones is 1. The number of aromatic nitrogens is 1. The van der Waals surface area contributed by atoms with Gasteiger partial charge < -0.3 is 9.67 Å². The lowest BCUT2D eigenvalue weighted by Crippen LogP contribution is -2.12. The predicted molar refractivity (Wildman–Crippen MR) is 67.2 cm³/mol. The Hall–Kier alpha value is -1.81. The first kappa shape index (κ1) is 11.3. The third kappa shape index (κ3) is 1.53. The van der Waals surface area contributed by atoms with Crippen LogP contribution in [0.1, 0.15) is 22.3 Å².